The minimum Gasteiger partial charge on any atom is -0.354 e. The van der Waals surface area contributed by atoms with Crippen molar-refractivity contribution in [3.63, 3.8) is 0 Å². The maximum Gasteiger partial charge on any atom is 0.0497 e. The second-order valence-electron chi connectivity index (χ2n) is 6.93. The minimum absolute atomic E-state index is 0.726. The summed E-state index contributed by atoms with van der Waals surface area (Å²) in [7, 11) is 0. The van der Waals surface area contributed by atoms with Gasteiger partial charge in [-0.15, -0.1) is 0 Å². The van der Waals surface area contributed by atoms with Gasteiger partial charge >= 0.3 is 0 Å². The van der Waals surface area contributed by atoms with E-state index in [2.05, 4.69) is 64.9 Å². The molecule has 4 rings (SSSR count). The smallest absolute Gasteiger partial charge is 0.0497 e. The molecule has 1 aliphatic carbocycles. The van der Waals surface area contributed by atoms with E-state index in [0.29, 0.717) is 0 Å². The van der Waals surface area contributed by atoms with Gasteiger partial charge in [0.1, 0.15) is 0 Å². The van der Waals surface area contributed by atoms with Gasteiger partial charge in [0, 0.05) is 22.6 Å². The van der Waals surface area contributed by atoms with Crippen LogP contribution < -0.4 is 5.32 Å². The van der Waals surface area contributed by atoms with Gasteiger partial charge in [0.2, 0.25) is 0 Å². The van der Waals surface area contributed by atoms with Crippen LogP contribution in [0.2, 0.25) is 0 Å². The molecule has 0 amide bonds. The van der Waals surface area contributed by atoms with Crippen molar-refractivity contribution in [3.05, 3.63) is 60.2 Å². The van der Waals surface area contributed by atoms with Gasteiger partial charge in [0.05, 0.1) is 0 Å². The molecule has 0 atom stereocenters. The molecule has 0 saturated heterocycles. The summed E-state index contributed by atoms with van der Waals surface area (Å²) in [6, 6.07) is 20.1. The number of hydrogen-bond acceptors (Lipinski definition) is 1. The van der Waals surface area contributed by atoms with Gasteiger partial charge < -0.3 is 10.3 Å². The van der Waals surface area contributed by atoms with Gasteiger partial charge in [-0.1, -0.05) is 67.8 Å². The SMILES string of the molecule is c1ccc(-c2[nH]c3ccccc3c2CCNC2CCCCC2)cc1. The lowest BCUT2D eigenvalue weighted by atomic mass is 9.95. The van der Waals surface area contributed by atoms with E-state index >= 15 is 0 Å². The Hall–Kier alpha value is -2.06. The molecule has 2 nitrogen and oxygen atoms in total. The fraction of sp³-hybridized carbons (Fsp3) is 0.364. The number of nitrogens with one attached hydrogen (secondary N) is 2. The Morgan fingerprint density at radius 3 is 2.46 bits per heavy atom. The van der Waals surface area contributed by atoms with E-state index in [1.807, 2.05) is 0 Å². The Morgan fingerprint density at radius 1 is 0.875 bits per heavy atom. The van der Waals surface area contributed by atoms with Crippen LogP contribution in [0.4, 0.5) is 0 Å². The first-order valence-electron chi connectivity index (χ1n) is 9.30. The molecular weight excluding hydrogens is 292 g/mol. The fourth-order valence-electron chi connectivity index (χ4n) is 4.02. The number of para-hydroxylation sites is 1. The number of fused-ring (bicyclic) bond motifs is 1. The number of aromatic amines is 1. The van der Waals surface area contributed by atoms with Crippen LogP contribution in [0, 0.1) is 0 Å². The number of benzene rings is 2. The van der Waals surface area contributed by atoms with Crippen molar-refractivity contribution < 1.29 is 0 Å². The Balaban J connectivity index is 1.58. The number of H-pyrrole nitrogens is 1. The lowest BCUT2D eigenvalue weighted by Crippen LogP contribution is -2.32. The molecule has 1 saturated carbocycles. The summed E-state index contributed by atoms with van der Waals surface area (Å²) in [5.74, 6) is 0. The molecule has 1 aliphatic rings. The van der Waals surface area contributed by atoms with Crippen molar-refractivity contribution in [2.24, 2.45) is 0 Å². The highest BCUT2D eigenvalue weighted by molar-refractivity contribution is 5.90. The lowest BCUT2D eigenvalue weighted by molar-refractivity contribution is 0.376. The van der Waals surface area contributed by atoms with Crippen LogP contribution in [0.15, 0.2) is 54.6 Å². The second kappa shape index (κ2) is 7.23. The van der Waals surface area contributed by atoms with Crippen molar-refractivity contribution in [1.82, 2.24) is 10.3 Å². The molecule has 0 radical (unpaired) electrons. The Bertz CT molecular complexity index is 782. The summed E-state index contributed by atoms with van der Waals surface area (Å²) in [6.07, 6.45) is 7.96. The molecule has 2 heteroatoms. The number of rotatable bonds is 5. The number of hydrogen-bond donors (Lipinski definition) is 2. The largest absolute Gasteiger partial charge is 0.354 e. The van der Waals surface area contributed by atoms with Gasteiger partial charge in [-0.25, -0.2) is 0 Å². The van der Waals surface area contributed by atoms with Crippen LogP contribution in [0.1, 0.15) is 37.7 Å². The van der Waals surface area contributed by atoms with Crippen LogP contribution >= 0.6 is 0 Å². The summed E-state index contributed by atoms with van der Waals surface area (Å²) in [4.78, 5) is 3.64. The van der Waals surface area contributed by atoms with Crippen LogP contribution in [0.25, 0.3) is 22.2 Å². The van der Waals surface area contributed by atoms with Crippen LogP contribution in [0.3, 0.4) is 0 Å². The van der Waals surface area contributed by atoms with E-state index in [1.54, 1.807) is 0 Å². The monoisotopic (exact) mass is 318 g/mol. The molecule has 0 aliphatic heterocycles. The first-order chi connectivity index (χ1) is 11.9. The highest BCUT2D eigenvalue weighted by Crippen LogP contribution is 2.30. The summed E-state index contributed by atoms with van der Waals surface area (Å²) in [5.41, 5.74) is 5.24. The average Bonchev–Trinajstić information content (AvgIpc) is 3.02. The third-order valence-electron chi connectivity index (χ3n) is 5.29. The van der Waals surface area contributed by atoms with E-state index in [-0.39, 0.29) is 0 Å². The molecule has 0 bridgehead atoms. The van der Waals surface area contributed by atoms with Crippen molar-refractivity contribution in [3.8, 4) is 11.3 Å². The standard InChI is InChI=1S/C22H26N2/c1-3-9-17(10-4-1)22-20(19-13-7-8-14-21(19)24-22)15-16-23-18-11-5-2-6-12-18/h1,3-4,7-10,13-14,18,23-24H,2,5-6,11-12,15-16H2. The molecule has 1 aromatic heterocycles. The highest BCUT2D eigenvalue weighted by Gasteiger charge is 2.15. The van der Waals surface area contributed by atoms with Crippen LogP contribution in [0.5, 0.6) is 0 Å². The third kappa shape index (κ3) is 3.25. The molecule has 0 spiro atoms. The maximum absolute atomic E-state index is 3.79. The van der Waals surface area contributed by atoms with Crippen molar-refractivity contribution in [2.75, 3.05) is 6.54 Å². The van der Waals surface area contributed by atoms with Crippen LogP contribution in [-0.4, -0.2) is 17.6 Å². The molecular formula is C22H26N2. The maximum atomic E-state index is 3.79. The second-order valence-corrected chi connectivity index (χ2v) is 6.93. The summed E-state index contributed by atoms with van der Waals surface area (Å²) in [6.45, 7) is 1.06. The predicted molar refractivity (Wildman–Crippen MR) is 102 cm³/mol. The molecule has 1 fully saturated rings. The molecule has 2 N–H and O–H groups in total. The first-order valence-corrected chi connectivity index (χ1v) is 9.30. The molecule has 124 valence electrons. The van der Waals surface area contributed by atoms with Crippen molar-refractivity contribution >= 4 is 10.9 Å². The Labute approximate surface area is 144 Å². The van der Waals surface area contributed by atoms with E-state index in [0.717, 1.165) is 19.0 Å². The molecule has 1 heterocycles. The summed E-state index contributed by atoms with van der Waals surface area (Å²) in [5, 5.41) is 5.15. The van der Waals surface area contributed by atoms with Crippen molar-refractivity contribution in [2.45, 2.75) is 44.6 Å². The third-order valence-corrected chi connectivity index (χ3v) is 5.29. The van der Waals surface area contributed by atoms with Gasteiger partial charge in [-0.2, -0.15) is 0 Å². The van der Waals surface area contributed by atoms with E-state index in [1.165, 1.54) is 59.8 Å². The highest BCUT2D eigenvalue weighted by atomic mass is 14.9. The average molecular weight is 318 g/mol. The van der Waals surface area contributed by atoms with Gasteiger partial charge in [-0.3, -0.25) is 0 Å². The molecule has 0 unspecified atom stereocenters. The Kier molecular flexibility index (Phi) is 4.66. The molecule has 24 heavy (non-hydrogen) atoms. The fourth-order valence-corrected chi connectivity index (χ4v) is 4.02. The van der Waals surface area contributed by atoms with Crippen molar-refractivity contribution in [1.29, 1.82) is 0 Å². The van der Waals surface area contributed by atoms with Crippen LogP contribution in [-0.2, 0) is 6.42 Å². The van der Waals surface area contributed by atoms with Gasteiger partial charge in [-0.05, 0) is 43.0 Å². The Morgan fingerprint density at radius 2 is 1.62 bits per heavy atom. The normalized spacial score (nSPS) is 15.8. The zero-order valence-corrected chi connectivity index (χ0v) is 14.2. The zero-order chi connectivity index (χ0) is 16.2. The summed E-state index contributed by atoms with van der Waals surface area (Å²) < 4.78 is 0. The molecule has 3 aromatic rings. The lowest BCUT2D eigenvalue weighted by Gasteiger charge is -2.22. The molecule has 2 aromatic carbocycles. The quantitative estimate of drug-likeness (QED) is 0.656. The predicted octanol–water partition coefficient (Wildman–Crippen LogP) is 5.30. The van der Waals surface area contributed by atoms with E-state index < -0.39 is 0 Å². The van der Waals surface area contributed by atoms with Gasteiger partial charge in [0.15, 0.2) is 0 Å². The minimum atomic E-state index is 0.726. The number of aromatic nitrogens is 1. The van der Waals surface area contributed by atoms with E-state index in [9.17, 15) is 0 Å². The first kappa shape index (κ1) is 15.5. The summed E-state index contributed by atoms with van der Waals surface area (Å²) >= 11 is 0. The van der Waals surface area contributed by atoms with Gasteiger partial charge in [0.25, 0.3) is 0 Å². The van der Waals surface area contributed by atoms with E-state index in [4.69, 9.17) is 0 Å². The zero-order valence-electron chi connectivity index (χ0n) is 14.2. The topological polar surface area (TPSA) is 27.8 Å².